The molecule has 1 amide bonds. The zero-order valence-corrected chi connectivity index (χ0v) is 11.1. The summed E-state index contributed by atoms with van der Waals surface area (Å²) in [5.74, 6) is 0.478. The molecule has 98 valence electrons. The van der Waals surface area contributed by atoms with Gasteiger partial charge in [-0.05, 0) is 37.5 Å². The summed E-state index contributed by atoms with van der Waals surface area (Å²) in [5.41, 5.74) is 5.77. The maximum Gasteiger partial charge on any atom is 0.244 e. The molecule has 0 saturated heterocycles. The van der Waals surface area contributed by atoms with Crippen LogP contribution in [0.25, 0.3) is 0 Å². The summed E-state index contributed by atoms with van der Waals surface area (Å²) in [5, 5.41) is 3.25. The lowest BCUT2D eigenvalue weighted by atomic mass is 10.2. The van der Waals surface area contributed by atoms with Crippen molar-refractivity contribution in [3.8, 4) is 5.75 Å². The van der Waals surface area contributed by atoms with E-state index in [0.717, 1.165) is 19.3 Å². The van der Waals surface area contributed by atoms with Gasteiger partial charge in [0, 0.05) is 5.69 Å². The molecule has 1 aliphatic rings. The Hall–Kier alpha value is -1.26. The lowest BCUT2D eigenvalue weighted by Crippen LogP contribution is -2.37. The molecule has 0 unspecified atom stereocenters. The Morgan fingerprint density at radius 2 is 2.28 bits per heavy atom. The Balaban J connectivity index is 2.02. The molecule has 1 aromatic rings. The number of amides is 1. The van der Waals surface area contributed by atoms with Gasteiger partial charge in [0.15, 0.2) is 0 Å². The summed E-state index contributed by atoms with van der Waals surface area (Å²) in [6, 6.07) is 5.19. The highest BCUT2D eigenvalue weighted by Gasteiger charge is 2.45. The van der Waals surface area contributed by atoms with Gasteiger partial charge in [0.2, 0.25) is 5.91 Å². The molecule has 0 atom stereocenters. The van der Waals surface area contributed by atoms with E-state index in [1.165, 1.54) is 0 Å². The first-order valence-corrected chi connectivity index (χ1v) is 6.45. The van der Waals surface area contributed by atoms with Gasteiger partial charge in [-0.3, -0.25) is 4.79 Å². The van der Waals surface area contributed by atoms with Crippen molar-refractivity contribution in [2.75, 3.05) is 11.9 Å². The highest BCUT2D eigenvalue weighted by molar-refractivity contribution is 6.32. The Labute approximate surface area is 111 Å². The fraction of sp³-hybridized carbons (Fsp3) is 0.462. The summed E-state index contributed by atoms with van der Waals surface area (Å²) in [6.45, 7) is 2.65. The first-order chi connectivity index (χ1) is 8.55. The molecule has 1 aromatic carbocycles. The highest BCUT2D eigenvalue weighted by Crippen LogP contribution is 2.34. The van der Waals surface area contributed by atoms with E-state index in [0.29, 0.717) is 23.1 Å². The lowest BCUT2D eigenvalue weighted by molar-refractivity contribution is -0.118. The van der Waals surface area contributed by atoms with Gasteiger partial charge in [0.25, 0.3) is 0 Å². The molecular weight excluding hydrogens is 252 g/mol. The van der Waals surface area contributed by atoms with E-state index in [1.807, 2.05) is 6.92 Å². The van der Waals surface area contributed by atoms with Crippen molar-refractivity contribution in [3.63, 3.8) is 0 Å². The van der Waals surface area contributed by atoms with Crippen molar-refractivity contribution in [1.29, 1.82) is 0 Å². The summed E-state index contributed by atoms with van der Waals surface area (Å²) in [7, 11) is 0. The molecule has 5 heteroatoms. The Bertz CT molecular complexity index is 458. The number of carbonyl (C=O) groups is 1. The minimum atomic E-state index is -0.677. The topological polar surface area (TPSA) is 64.3 Å². The molecule has 1 saturated carbocycles. The first-order valence-electron chi connectivity index (χ1n) is 6.08. The number of hydrogen-bond donors (Lipinski definition) is 2. The van der Waals surface area contributed by atoms with Crippen molar-refractivity contribution in [2.24, 2.45) is 5.73 Å². The molecule has 4 nitrogen and oxygen atoms in total. The van der Waals surface area contributed by atoms with Crippen LogP contribution in [0.4, 0.5) is 5.69 Å². The number of carbonyl (C=O) groups excluding carboxylic acids is 1. The Morgan fingerprint density at radius 3 is 2.83 bits per heavy atom. The monoisotopic (exact) mass is 268 g/mol. The van der Waals surface area contributed by atoms with E-state index in [-0.39, 0.29) is 5.91 Å². The molecule has 0 radical (unpaired) electrons. The standard InChI is InChI=1S/C13H17ClN2O2/c1-2-7-18-11-4-3-9(8-10(11)14)16-12(17)13(15)5-6-13/h3-4,8H,2,5-7,15H2,1H3,(H,16,17). The highest BCUT2D eigenvalue weighted by atomic mass is 35.5. The van der Waals surface area contributed by atoms with E-state index in [4.69, 9.17) is 22.1 Å². The van der Waals surface area contributed by atoms with Crippen molar-refractivity contribution in [3.05, 3.63) is 23.2 Å². The smallest absolute Gasteiger partial charge is 0.244 e. The summed E-state index contributed by atoms with van der Waals surface area (Å²) in [4.78, 5) is 11.8. The number of rotatable bonds is 5. The van der Waals surface area contributed by atoms with E-state index >= 15 is 0 Å². The van der Waals surface area contributed by atoms with Gasteiger partial charge in [-0.1, -0.05) is 18.5 Å². The van der Waals surface area contributed by atoms with Crippen molar-refractivity contribution in [2.45, 2.75) is 31.7 Å². The fourth-order valence-corrected chi connectivity index (χ4v) is 1.76. The molecule has 3 N–H and O–H groups in total. The van der Waals surface area contributed by atoms with Gasteiger partial charge in [-0.2, -0.15) is 0 Å². The molecule has 0 aromatic heterocycles. The third-order valence-electron chi connectivity index (χ3n) is 2.89. The zero-order valence-electron chi connectivity index (χ0n) is 10.3. The second-order valence-corrected chi connectivity index (χ2v) is 5.01. The summed E-state index contributed by atoms with van der Waals surface area (Å²) in [6.07, 6.45) is 2.40. The molecule has 0 spiro atoms. The second-order valence-electron chi connectivity index (χ2n) is 4.60. The maximum atomic E-state index is 11.8. The van der Waals surface area contributed by atoms with Gasteiger partial charge in [0.1, 0.15) is 5.75 Å². The van der Waals surface area contributed by atoms with E-state index < -0.39 is 5.54 Å². The van der Waals surface area contributed by atoms with Crippen LogP contribution in [0.5, 0.6) is 5.75 Å². The van der Waals surface area contributed by atoms with Crippen LogP contribution in [0.1, 0.15) is 26.2 Å². The molecule has 1 fully saturated rings. The van der Waals surface area contributed by atoms with Gasteiger partial charge < -0.3 is 15.8 Å². The second kappa shape index (κ2) is 5.16. The molecule has 18 heavy (non-hydrogen) atoms. The zero-order chi connectivity index (χ0) is 13.2. The van der Waals surface area contributed by atoms with Gasteiger partial charge in [-0.15, -0.1) is 0 Å². The third kappa shape index (κ3) is 2.94. The minimum absolute atomic E-state index is 0.152. The predicted octanol–water partition coefficient (Wildman–Crippen LogP) is 2.56. The van der Waals surface area contributed by atoms with Crippen molar-refractivity contribution < 1.29 is 9.53 Å². The number of nitrogens with two attached hydrogens (primary N) is 1. The number of halogens is 1. The number of anilines is 1. The van der Waals surface area contributed by atoms with Crippen LogP contribution in [0.15, 0.2) is 18.2 Å². The number of ether oxygens (including phenoxy) is 1. The maximum absolute atomic E-state index is 11.8. The molecule has 0 aliphatic heterocycles. The molecule has 0 heterocycles. The molecule has 1 aliphatic carbocycles. The van der Waals surface area contributed by atoms with Crippen LogP contribution >= 0.6 is 11.6 Å². The Morgan fingerprint density at radius 1 is 1.56 bits per heavy atom. The SMILES string of the molecule is CCCOc1ccc(NC(=O)C2(N)CC2)cc1Cl. The predicted molar refractivity (Wildman–Crippen MR) is 72.0 cm³/mol. The molecular formula is C13H17ClN2O2. The van der Waals surface area contributed by atoms with E-state index in [2.05, 4.69) is 5.32 Å². The minimum Gasteiger partial charge on any atom is -0.492 e. The average molecular weight is 269 g/mol. The normalized spacial score (nSPS) is 16.2. The van der Waals surface area contributed by atoms with E-state index in [1.54, 1.807) is 18.2 Å². The van der Waals surface area contributed by atoms with Crippen LogP contribution in [-0.4, -0.2) is 18.1 Å². The Kier molecular flexibility index (Phi) is 3.78. The summed E-state index contributed by atoms with van der Waals surface area (Å²) < 4.78 is 5.46. The van der Waals surface area contributed by atoms with Crippen LogP contribution in [0.3, 0.4) is 0 Å². The van der Waals surface area contributed by atoms with Crippen LogP contribution in [-0.2, 0) is 4.79 Å². The van der Waals surface area contributed by atoms with Crippen LogP contribution in [0.2, 0.25) is 5.02 Å². The number of benzene rings is 1. The number of nitrogens with one attached hydrogen (secondary N) is 1. The lowest BCUT2D eigenvalue weighted by Gasteiger charge is -2.12. The number of hydrogen-bond acceptors (Lipinski definition) is 3. The van der Waals surface area contributed by atoms with E-state index in [9.17, 15) is 4.79 Å². The van der Waals surface area contributed by atoms with Crippen LogP contribution < -0.4 is 15.8 Å². The van der Waals surface area contributed by atoms with Gasteiger partial charge in [-0.25, -0.2) is 0 Å². The van der Waals surface area contributed by atoms with Gasteiger partial charge in [0.05, 0.1) is 17.2 Å². The largest absolute Gasteiger partial charge is 0.492 e. The quantitative estimate of drug-likeness (QED) is 0.863. The molecule has 0 bridgehead atoms. The molecule has 2 rings (SSSR count). The first kappa shape index (κ1) is 13.2. The van der Waals surface area contributed by atoms with Crippen LogP contribution in [0, 0.1) is 0 Å². The third-order valence-corrected chi connectivity index (χ3v) is 3.19. The fourth-order valence-electron chi connectivity index (χ4n) is 1.52. The summed E-state index contributed by atoms with van der Waals surface area (Å²) >= 11 is 6.07. The van der Waals surface area contributed by atoms with Gasteiger partial charge >= 0.3 is 0 Å². The van der Waals surface area contributed by atoms with Crippen molar-refractivity contribution >= 4 is 23.2 Å². The van der Waals surface area contributed by atoms with Crippen molar-refractivity contribution in [1.82, 2.24) is 0 Å². The average Bonchev–Trinajstić information content (AvgIpc) is 3.08.